The molecular weight excluding hydrogens is 248 g/mol. The van der Waals surface area contributed by atoms with Crippen LogP contribution in [0, 0.1) is 12.8 Å². The lowest BCUT2D eigenvalue weighted by Crippen LogP contribution is -2.24. The second-order valence-corrected chi connectivity index (χ2v) is 5.16. The maximum absolute atomic E-state index is 10.1. The lowest BCUT2D eigenvalue weighted by atomic mass is 9.80. The first-order chi connectivity index (χ1) is 8.11. The first kappa shape index (κ1) is 15.1. The predicted octanol–water partition coefficient (Wildman–Crippen LogP) is 3.28. The van der Waals surface area contributed by atoms with Crippen molar-refractivity contribution >= 4 is 18.1 Å². The second kappa shape index (κ2) is 6.30. The molecule has 1 aliphatic rings. The van der Waals surface area contributed by atoms with E-state index in [2.05, 4.69) is 0 Å². The molecule has 0 saturated heterocycles. The number of nitrogens with two attached hydrogens (primary N) is 2. The number of phenols is 1. The fourth-order valence-electron chi connectivity index (χ4n) is 2.88. The molecule has 0 amide bonds. The van der Waals surface area contributed by atoms with Crippen LogP contribution in [-0.4, -0.2) is 5.11 Å². The molecule has 0 unspecified atom stereocenters. The zero-order chi connectivity index (χ0) is 12.4. The molecule has 2 rings (SSSR count). The van der Waals surface area contributed by atoms with Gasteiger partial charge >= 0.3 is 0 Å². The maximum atomic E-state index is 10.1. The van der Waals surface area contributed by atoms with Crippen molar-refractivity contribution < 1.29 is 5.11 Å². The van der Waals surface area contributed by atoms with Crippen molar-refractivity contribution in [1.29, 1.82) is 0 Å². The topological polar surface area (TPSA) is 72.3 Å². The average molecular weight is 271 g/mol. The van der Waals surface area contributed by atoms with E-state index >= 15 is 0 Å². The molecule has 1 aromatic carbocycles. The van der Waals surface area contributed by atoms with E-state index in [0.29, 0.717) is 11.6 Å². The summed E-state index contributed by atoms with van der Waals surface area (Å²) in [5.41, 5.74) is 14.4. The van der Waals surface area contributed by atoms with Crippen LogP contribution in [0.1, 0.15) is 49.3 Å². The quantitative estimate of drug-likeness (QED) is 0.570. The summed E-state index contributed by atoms with van der Waals surface area (Å²) in [6.07, 6.45) is 6.13. The first-order valence-electron chi connectivity index (χ1n) is 6.44. The van der Waals surface area contributed by atoms with Crippen LogP contribution in [0.15, 0.2) is 12.1 Å². The molecule has 0 aliphatic heterocycles. The first-order valence-corrected chi connectivity index (χ1v) is 6.44. The van der Waals surface area contributed by atoms with Crippen LogP contribution >= 0.6 is 12.4 Å². The van der Waals surface area contributed by atoms with Crippen LogP contribution in [0.2, 0.25) is 0 Å². The highest BCUT2D eigenvalue weighted by atomic mass is 35.5. The summed E-state index contributed by atoms with van der Waals surface area (Å²) >= 11 is 0. The Morgan fingerprint density at radius 3 is 2.44 bits per heavy atom. The van der Waals surface area contributed by atoms with Gasteiger partial charge in [0, 0.05) is 11.6 Å². The van der Waals surface area contributed by atoms with Crippen LogP contribution in [0.4, 0.5) is 5.69 Å². The van der Waals surface area contributed by atoms with E-state index in [-0.39, 0.29) is 24.2 Å². The fraction of sp³-hybridized carbons (Fsp3) is 0.571. The summed E-state index contributed by atoms with van der Waals surface area (Å²) in [6, 6.07) is 3.59. The number of phenolic OH excluding ortho intramolecular Hbond substituents is 1. The summed E-state index contributed by atoms with van der Waals surface area (Å²) in [5, 5.41) is 10.1. The number of aryl methyl sites for hydroxylation is 1. The Kier molecular flexibility index (Phi) is 5.29. The number of rotatable bonds is 2. The van der Waals surface area contributed by atoms with Gasteiger partial charge in [0.1, 0.15) is 5.75 Å². The zero-order valence-corrected chi connectivity index (χ0v) is 11.7. The molecule has 5 N–H and O–H groups in total. The summed E-state index contributed by atoms with van der Waals surface area (Å²) in [7, 11) is 0. The van der Waals surface area contributed by atoms with Crippen molar-refractivity contribution in [2.24, 2.45) is 11.7 Å². The number of benzene rings is 1. The zero-order valence-electron chi connectivity index (χ0n) is 10.9. The Labute approximate surface area is 115 Å². The third kappa shape index (κ3) is 2.90. The van der Waals surface area contributed by atoms with Gasteiger partial charge in [-0.1, -0.05) is 25.3 Å². The molecular formula is C14H23ClN2O. The summed E-state index contributed by atoms with van der Waals surface area (Å²) in [5.74, 6) is 0.665. The SMILES string of the molecule is Cc1ccc(N)c(O)c1[C@@H](N)C1CCCCC1.Cl. The van der Waals surface area contributed by atoms with Gasteiger partial charge in [0.05, 0.1) is 5.69 Å². The molecule has 1 aliphatic carbocycles. The number of hydrogen-bond donors (Lipinski definition) is 3. The van der Waals surface area contributed by atoms with Crippen molar-refractivity contribution in [1.82, 2.24) is 0 Å². The number of nitrogen functional groups attached to an aromatic ring is 1. The third-order valence-corrected chi connectivity index (χ3v) is 3.96. The lowest BCUT2D eigenvalue weighted by molar-refractivity contribution is 0.302. The molecule has 4 heteroatoms. The Morgan fingerprint density at radius 1 is 1.22 bits per heavy atom. The lowest BCUT2D eigenvalue weighted by Gasteiger charge is -2.29. The molecule has 0 bridgehead atoms. The molecule has 1 atom stereocenters. The smallest absolute Gasteiger partial charge is 0.143 e. The van der Waals surface area contributed by atoms with Crippen LogP contribution in [0.25, 0.3) is 0 Å². The third-order valence-electron chi connectivity index (χ3n) is 3.96. The van der Waals surface area contributed by atoms with Crippen molar-refractivity contribution in [3.05, 3.63) is 23.3 Å². The minimum absolute atomic E-state index is 0. The molecule has 1 saturated carbocycles. The standard InChI is InChI=1S/C14H22N2O.ClH/c1-9-7-8-11(15)14(17)12(9)13(16)10-5-3-2-4-6-10;/h7-8,10,13,17H,2-6,15-16H2,1H3;1H/t13-;/m0./s1. The summed E-state index contributed by atoms with van der Waals surface area (Å²) in [6.45, 7) is 1.98. The molecule has 1 aromatic rings. The highest BCUT2D eigenvalue weighted by molar-refractivity contribution is 5.85. The Balaban J connectivity index is 0.00000162. The van der Waals surface area contributed by atoms with E-state index in [1.54, 1.807) is 6.07 Å². The van der Waals surface area contributed by atoms with E-state index < -0.39 is 0 Å². The monoisotopic (exact) mass is 270 g/mol. The summed E-state index contributed by atoms with van der Waals surface area (Å²) in [4.78, 5) is 0. The minimum Gasteiger partial charge on any atom is -0.505 e. The van der Waals surface area contributed by atoms with Gasteiger partial charge in [-0.25, -0.2) is 0 Å². The van der Waals surface area contributed by atoms with Crippen LogP contribution in [-0.2, 0) is 0 Å². The van der Waals surface area contributed by atoms with Gasteiger partial charge < -0.3 is 16.6 Å². The molecule has 18 heavy (non-hydrogen) atoms. The number of hydrogen-bond acceptors (Lipinski definition) is 3. The normalized spacial score (nSPS) is 18.1. The van der Waals surface area contributed by atoms with E-state index in [4.69, 9.17) is 11.5 Å². The summed E-state index contributed by atoms with van der Waals surface area (Å²) < 4.78 is 0. The van der Waals surface area contributed by atoms with Crippen molar-refractivity contribution in [3.8, 4) is 5.75 Å². The van der Waals surface area contributed by atoms with Crippen LogP contribution in [0.3, 0.4) is 0 Å². The molecule has 102 valence electrons. The number of aromatic hydroxyl groups is 1. The van der Waals surface area contributed by atoms with E-state index in [1.807, 2.05) is 13.0 Å². The molecule has 1 fully saturated rings. The average Bonchev–Trinajstić information content (AvgIpc) is 2.35. The highest BCUT2D eigenvalue weighted by Crippen LogP contribution is 2.39. The van der Waals surface area contributed by atoms with Gasteiger partial charge in [0.15, 0.2) is 0 Å². The minimum atomic E-state index is -0.0844. The van der Waals surface area contributed by atoms with Gasteiger partial charge in [-0.2, -0.15) is 0 Å². The molecule has 0 spiro atoms. The Morgan fingerprint density at radius 2 is 1.83 bits per heavy atom. The van der Waals surface area contributed by atoms with E-state index in [0.717, 1.165) is 24.0 Å². The van der Waals surface area contributed by atoms with Crippen molar-refractivity contribution in [3.63, 3.8) is 0 Å². The Bertz CT molecular complexity index is 403. The second-order valence-electron chi connectivity index (χ2n) is 5.16. The van der Waals surface area contributed by atoms with Crippen LogP contribution < -0.4 is 11.5 Å². The predicted molar refractivity (Wildman–Crippen MR) is 78.0 cm³/mol. The van der Waals surface area contributed by atoms with E-state index in [9.17, 15) is 5.11 Å². The number of halogens is 1. The largest absolute Gasteiger partial charge is 0.505 e. The van der Waals surface area contributed by atoms with Crippen molar-refractivity contribution in [2.75, 3.05) is 5.73 Å². The van der Waals surface area contributed by atoms with E-state index in [1.165, 1.54) is 19.3 Å². The molecule has 0 heterocycles. The molecule has 0 radical (unpaired) electrons. The molecule has 3 nitrogen and oxygen atoms in total. The Hall–Kier alpha value is -0.930. The highest BCUT2D eigenvalue weighted by Gasteiger charge is 2.25. The van der Waals surface area contributed by atoms with Gasteiger partial charge in [0.2, 0.25) is 0 Å². The maximum Gasteiger partial charge on any atom is 0.143 e. The van der Waals surface area contributed by atoms with Gasteiger partial charge in [-0.05, 0) is 37.3 Å². The number of anilines is 1. The molecule has 0 aromatic heterocycles. The van der Waals surface area contributed by atoms with Crippen molar-refractivity contribution in [2.45, 2.75) is 45.1 Å². The van der Waals surface area contributed by atoms with Gasteiger partial charge in [0.25, 0.3) is 0 Å². The van der Waals surface area contributed by atoms with Gasteiger partial charge in [-0.3, -0.25) is 0 Å². The van der Waals surface area contributed by atoms with Crippen LogP contribution in [0.5, 0.6) is 5.75 Å². The van der Waals surface area contributed by atoms with Gasteiger partial charge in [-0.15, -0.1) is 12.4 Å². The fourth-order valence-corrected chi connectivity index (χ4v) is 2.88.